The normalized spacial score (nSPS) is 19.9. The van der Waals surface area contributed by atoms with Gasteiger partial charge in [0.15, 0.2) is 0 Å². The zero-order chi connectivity index (χ0) is 14.7. The van der Waals surface area contributed by atoms with Gasteiger partial charge in [-0.2, -0.15) is 0 Å². The Balaban J connectivity index is 1.92. The molecule has 0 fully saturated rings. The second-order valence-electron chi connectivity index (χ2n) is 5.52. The van der Waals surface area contributed by atoms with Crippen LogP contribution in [0.25, 0.3) is 10.4 Å². The lowest BCUT2D eigenvalue weighted by Gasteiger charge is -2.25. The number of aryl methyl sites for hydroxylation is 1. The summed E-state index contributed by atoms with van der Waals surface area (Å²) >= 11 is 0. The largest absolute Gasteiger partial charge is 0.385 e. The Kier molecular flexibility index (Phi) is 3.65. The molecule has 4 nitrogen and oxygen atoms in total. The zero-order valence-electron chi connectivity index (χ0n) is 11.7. The second kappa shape index (κ2) is 5.60. The van der Waals surface area contributed by atoms with E-state index in [9.17, 15) is 5.11 Å². The van der Waals surface area contributed by atoms with Crippen LogP contribution in [0.15, 0.2) is 53.6 Å². The van der Waals surface area contributed by atoms with E-state index in [1.54, 1.807) is 0 Å². The van der Waals surface area contributed by atoms with Crippen molar-refractivity contribution in [1.82, 2.24) is 0 Å². The van der Waals surface area contributed by atoms with Gasteiger partial charge in [0.2, 0.25) is 0 Å². The fourth-order valence-electron chi connectivity index (χ4n) is 3.16. The second-order valence-corrected chi connectivity index (χ2v) is 5.52. The highest BCUT2D eigenvalue weighted by Gasteiger charge is 2.36. The molecule has 1 N–H and O–H groups in total. The summed E-state index contributed by atoms with van der Waals surface area (Å²) in [6, 6.07) is 15.9. The van der Waals surface area contributed by atoms with Crippen LogP contribution in [0.4, 0.5) is 0 Å². The first-order valence-electron chi connectivity index (χ1n) is 7.11. The average molecular weight is 279 g/mol. The van der Waals surface area contributed by atoms with Gasteiger partial charge in [-0.05, 0) is 40.6 Å². The Labute approximate surface area is 123 Å². The summed E-state index contributed by atoms with van der Waals surface area (Å²) in [6.45, 7) is 0.324. The number of azide groups is 1. The SMILES string of the molecule is [N-]=[N+]=NCc1ccccc1CC1(O)CCc2ccccc21. The fraction of sp³-hybridized carbons (Fsp3) is 0.294. The van der Waals surface area contributed by atoms with Crippen LogP contribution in [0.2, 0.25) is 0 Å². The van der Waals surface area contributed by atoms with Crippen molar-refractivity contribution in [3.8, 4) is 0 Å². The van der Waals surface area contributed by atoms with E-state index < -0.39 is 5.60 Å². The molecule has 0 saturated heterocycles. The molecule has 1 atom stereocenters. The molecule has 106 valence electrons. The maximum absolute atomic E-state index is 11.0. The molecule has 21 heavy (non-hydrogen) atoms. The number of hydrogen-bond donors (Lipinski definition) is 1. The van der Waals surface area contributed by atoms with E-state index >= 15 is 0 Å². The Morgan fingerprint density at radius 1 is 1.10 bits per heavy atom. The van der Waals surface area contributed by atoms with Gasteiger partial charge in [-0.1, -0.05) is 53.6 Å². The molecule has 0 aromatic heterocycles. The predicted molar refractivity (Wildman–Crippen MR) is 81.7 cm³/mol. The quantitative estimate of drug-likeness (QED) is 0.515. The van der Waals surface area contributed by atoms with Crippen molar-refractivity contribution in [2.24, 2.45) is 5.11 Å². The minimum atomic E-state index is -0.816. The fourth-order valence-corrected chi connectivity index (χ4v) is 3.16. The molecule has 0 saturated carbocycles. The molecular weight excluding hydrogens is 262 g/mol. The molecule has 0 amide bonds. The maximum Gasteiger partial charge on any atom is 0.0942 e. The molecule has 2 aromatic rings. The van der Waals surface area contributed by atoms with E-state index in [1.165, 1.54) is 5.56 Å². The highest BCUT2D eigenvalue weighted by atomic mass is 16.3. The molecule has 4 heteroatoms. The Morgan fingerprint density at radius 2 is 1.81 bits per heavy atom. The van der Waals surface area contributed by atoms with E-state index in [1.807, 2.05) is 42.5 Å². The van der Waals surface area contributed by atoms with Crippen LogP contribution in [0.5, 0.6) is 0 Å². The maximum atomic E-state index is 11.0. The van der Waals surface area contributed by atoms with Crippen molar-refractivity contribution in [3.63, 3.8) is 0 Å². The van der Waals surface area contributed by atoms with Crippen molar-refractivity contribution in [2.45, 2.75) is 31.4 Å². The third kappa shape index (κ3) is 2.64. The summed E-state index contributed by atoms with van der Waals surface area (Å²) in [5, 5.41) is 14.7. The number of rotatable bonds is 4. The summed E-state index contributed by atoms with van der Waals surface area (Å²) in [5.74, 6) is 0. The van der Waals surface area contributed by atoms with Gasteiger partial charge in [0.25, 0.3) is 0 Å². The molecule has 0 heterocycles. The predicted octanol–water partition coefficient (Wildman–Crippen LogP) is 3.87. The van der Waals surface area contributed by atoms with Gasteiger partial charge in [0.1, 0.15) is 0 Å². The zero-order valence-corrected chi connectivity index (χ0v) is 11.7. The molecule has 3 rings (SSSR count). The minimum Gasteiger partial charge on any atom is -0.385 e. The number of fused-ring (bicyclic) bond motifs is 1. The van der Waals surface area contributed by atoms with Gasteiger partial charge in [0.05, 0.1) is 12.1 Å². The molecular formula is C17H17N3O. The monoisotopic (exact) mass is 279 g/mol. The lowest BCUT2D eigenvalue weighted by atomic mass is 9.87. The minimum absolute atomic E-state index is 0.324. The van der Waals surface area contributed by atoms with E-state index in [2.05, 4.69) is 16.1 Å². The van der Waals surface area contributed by atoms with Crippen LogP contribution in [-0.4, -0.2) is 5.11 Å². The first-order valence-corrected chi connectivity index (χ1v) is 7.11. The lowest BCUT2D eigenvalue weighted by molar-refractivity contribution is 0.0387. The van der Waals surface area contributed by atoms with Crippen molar-refractivity contribution in [1.29, 1.82) is 0 Å². The average Bonchev–Trinajstić information content (AvgIpc) is 2.84. The van der Waals surface area contributed by atoms with E-state index in [0.29, 0.717) is 13.0 Å². The van der Waals surface area contributed by atoms with Crippen LogP contribution < -0.4 is 0 Å². The topological polar surface area (TPSA) is 69.0 Å². The van der Waals surface area contributed by atoms with Crippen LogP contribution in [0, 0.1) is 0 Å². The molecule has 1 aliphatic rings. The summed E-state index contributed by atoms with van der Waals surface area (Å²) < 4.78 is 0. The highest BCUT2D eigenvalue weighted by molar-refractivity contribution is 5.40. The molecule has 0 aliphatic heterocycles. The van der Waals surface area contributed by atoms with Crippen LogP contribution in [0.1, 0.15) is 28.7 Å². The number of hydrogen-bond acceptors (Lipinski definition) is 2. The van der Waals surface area contributed by atoms with Gasteiger partial charge in [-0.25, -0.2) is 0 Å². The molecule has 1 aliphatic carbocycles. The van der Waals surface area contributed by atoms with E-state index in [0.717, 1.165) is 29.5 Å². The number of benzene rings is 2. The molecule has 1 unspecified atom stereocenters. The van der Waals surface area contributed by atoms with Crippen molar-refractivity contribution >= 4 is 0 Å². The van der Waals surface area contributed by atoms with Crippen LogP contribution in [0.3, 0.4) is 0 Å². The summed E-state index contributed by atoms with van der Waals surface area (Å²) in [4.78, 5) is 2.82. The summed E-state index contributed by atoms with van der Waals surface area (Å²) in [5.41, 5.74) is 12.0. The molecule has 2 aromatic carbocycles. The summed E-state index contributed by atoms with van der Waals surface area (Å²) in [6.07, 6.45) is 2.20. The van der Waals surface area contributed by atoms with E-state index in [-0.39, 0.29) is 0 Å². The van der Waals surface area contributed by atoms with Gasteiger partial charge < -0.3 is 5.11 Å². The first kappa shape index (κ1) is 13.7. The highest BCUT2D eigenvalue weighted by Crippen LogP contribution is 2.39. The number of aliphatic hydroxyl groups is 1. The molecule has 0 bridgehead atoms. The van der Waals surface area contributed by atoms with Crippen molar-refractivity contribution in [2.75, 3.05) is 0 Å². The Morgan fingerprint density at radius 3 is 2.62 bits per heavy atom. The summed E-state index contributed by atoms with van der Waals surface area (Å²) in [7, 11) is 0. The van der Waals surface area contributed by atoms with Gasteiger partial charge >= 0.3 is 0 Å². The molecule has 0 spiro atoms. The van der Waals surface area contributed by atoms with Crippen LogP contribution >= 0.6 is 0 Å². The third-order valence-electron chi connectivity index (χ3n) is 4.23. The smallest absolute Gasteiger partial charge is 0.0942 e. The van der Waals surface area contributed by atoms with Gasteiger partial charge in [-0.15, -0.1) is 0 Å². The standard InChI is InChI=1S/C17H17N3O/c18-20-19-12-15-7-2-1-6-14(15)11-17(21)10-9-13-5-3-4-8-16(13)17/h1-8,21H,9-12H2. The van der Waals surface area contributed by atoms with Crippen molar-refractivity contribution in [3.05, 3.63) is 81.2 Å². The number of nitrogens with zero attached hydrogens (tertiary/aromatic N) is 3. The van der Waals surface area contributed by atoms with Crippen molar-refractivity contribution < 1.29 is 5.11 Å². The first-order chi connectivity index (χ1) is 10.2. The van der Waals surface area contributed by atoms with E-state index in [4.69, 9.17) is 5.53 Å². The lowest BCUT2D eigenvalue weighted by Crippen LogP contribution is -2.25. The van der Waals surface area contributed by atoms with Gasteiger partial charge in [0, 0.05) is 11.3 Å². The Bertz CT molecular complexity index is 707. The van der Waals surface area contributed by atoms with Gasteiger partial charge in [-0.3, -0.25) is 0 Å². The Hall–Kier alpha value is -2.29. The third-order valence-corrected chi connectivity index (χ3v) is 4.23. The van der Waals surface area contributed by atoms with Crippen LogP contribution in [-0.2, 0) is 25.0 Å². The molecule has 0 radical (unpaired) electrons.